The van der Waals surface area contributed by atoms with Gasteiger partial charge in [0.25, 0.3) is 0 Å². The topological polar surface area (TPSA) is 102 Å². The standard InChI is InChI=1S/C19H19BrN8O/c1-27-10-11(9-22-27)16-25-17-12-5-4-6-13(20)15(12)24-19(28(17)26-16)23-14-7-2-3-8-21-18(14)29/h4-6,9-10,14H,2-3,7-8H2,1H3,(H,21,29)(H,23,24)/t14-/m0/s1. The Morgan fingerprint density at radius 3 is 3.00 bits per heavy atom. The predicted octanol–water partition coefficient (Wildman–Crippen LogP) is 2.52. The van der Waals surface area contributed by atoms with Crippen LogP contribution in [0, 0.1) is 0 Å². The fraction of sp³-hybridized carbons (Fsp3) is 0.316. The molecule has 3 aromatic heterocycles. The maximum absolute atomic E-state index is 12.4. The molecular formula is C19H19BrN8O. The van der Waals surface area contributed by atoms with Crippen LogP contribution >= 0.6 is 15.9 Å². The van der Waals surface area contributed by atoms with E-state index in [9.17, 15) is 4.79 Å². The van der Waals surface area contributed by atoms with Crippen molar-refractivity contribution in [2.24, 2.45) is 7.05 Å². The molecule has 1 amide bonds. The van der Waals surface area contributed by atoms with Gasteiger partial charge < -0.3 is 10.6 Å². The van der Waals surface area contributed by atoms with Gasteiger partial charge >= 0.3 is 0 Å². The van der Waals surface area contributed by atoms with Crippen LogP contribution in [0.15, 0.2) is 35.1 Å². The van der Waals surface area contributed by atoms with Gasteiger partial charge in [-0.2, -0.15) is 9.61 Å². The second-order valence-corrected chi connectivity index (χ2v) is 7.98. The van der Waals surface area contributed by atoms with Gasteiger partial charge in [0, 0.05) is 29.6 Å². The van der Waals surface area contributed by atoms with Crippen molar-refractivity contribution in [1.29, 1.82) is 0 Å². The lowest BCUT2D eigenvalue weighted by Gasteiger charge is -2.17. The molecule has 4 aromatic rings. The van der Waals surface area contributed by atoms with E-state index in [0.717, 1.165) is 40.2 Å². The molecule has 9 nitrogen and oxygen atoms in total. The summed E-state index contributed by atoms with van der Waals surface area (Å²) in [6.07, 6.45) is 6.28. The SMILES string of the molecule is Cn1cc(-c2nc3c4cccc(Br)c4nc(N[C@H]4CCCCNC4=O)n3n2)cn1. The van der Waals surface area contributed by atoms with Crippen molar-refractivity contribution in [2.45, 2.75) is 25.3 Å². The molecule has 1 aliphatic rings. The second-order valence-electron chi connectivity index (χ2n) is 7.13. The molecule has 10 heteroatoms. The van der Waals surface area contributed by atoms with Gasteiger partial charge in [-0.3, -0.25) is 9.48 Å². The van der Waals surface area contributed by atoms with Crippen LogP contribution in [0.1, 0.15) is 19.3 Å². The van der Waals surface area contributed by atoms with Crippen LogP contribution in [-0.2, 0) is 11.8 Å². The number of hydrogen-bond donors (Lipinski definition) is 2. The summed E-state index contributed by atoms with van der Waals surface area (Å²) in [5.74, 6) is 1.03. The van der Waals surface area contributed by atoms with Gasteiger partial charge in [-0.25, -0.2) is 9.97 Å². The van der Waals surface area contributed by atoms with Gasteiger partial charge in [-0.1, -0.05) is 6.07 Å². The number of benzene rings is 1. The Hall–Kier alpha value is -3.01. The van der Waals surface area contributed by atoms with E-state index in [4.69, 9.17) is 9.97 Å². The maximum atomic E-state index is 12.4. The van der Waals surface area contributed by atoms with Gasteiger partial charge in [-0.05, 0) is 47.3 Å². The smallest absolute Gasteiger partial charge is 0.242 e. The molecule has 148 valence electrons. The summed E-state index contributed by atoms with van der Waals surface area (Å²) in [6.45, 7) is 0.706. The highest BCUT2D eigenvalue weighted by Crippen LogP contribution is 2.29. The van der Waals surface area contributed by atoms with Crippen LogP contribution in [0.4, 0.5) is 5.95 Å². The number of fused-ring (bicyclic) bond motifs is 3. The summed E-state index contributed by atoms with van der Waals surface area (Å²) >= 11 is 3.58. The molecule has 5 rings (SSSR count). The normalized spacial score (nSPS) is 17.4. The first-order chi connectivity index (χ1) is 14.1. The lowest BCUT2D eigenvalue weighted by molar-refractivity contribution is -0.121. The highest BCUT2D eigenvalue weighted by atomic mass is 79.9. The van der Waals surface area contributed by atoms with E-state index in [-0.39, 0.29) is 11.9 Å². The van der Waals surface area contributed by atoms with E-state index in [0.29, 0.717) is 24.0 Å². The molecule has 4 heterocycles. The van der Waals surface area contributed by atoms with Crippen molar-refractivity contribution < 1.29 is 4.79 Å². The highest BCUT2D eigenvalue weighted by molar-refractivity contribution is 9.10. The second kappa shape index (κ2) is 7.11. The number of nitrogens with zero attached hydrogens (tertiary/aromatic N) is 6. The summed E-state index contributed by atoms with van der Waals surface area (Å²) in [7, 11) is 1.85. The lowest BCUT2D eigenvalue weighted by Crippen LogP contribution is -2.38. The zero-order valence-corrected chi connectivity index (χ0v) is 17.3. The Balaban J connectivity index is 1.69. The molecule has 1 atom stereocenters. The Morgan fingerprint density at radius 1 is 1.28 bits per heavy atom. The molecule has 1 aliphatic heterocycles. The number of anilines is 1. The number of halogens is 1. The summed E-state index contributed by atoms with van der Waals surface area (Å²) in [6, 6.07) is 5.48. The van der Waals surface area contributed by atoms with Crippen LogP contribution in [0.2, 0.25) is 0 Å². The molecule has 0 saturated carbocycles. The van der Waals surface area contributed by atoms with Crippen molar-refractivity contribution in [3.05, 3.63) is 35.1 Å². The fourth-order valence-electron chi connectivity index (χ4n) is 3.58. The van der Waals surface area contributed by atoms with Crippen LogP contribution < -0.4 is 10.6 Å². The molecule has 0 radical (unpaired) electrons. The molecular weight excluding hydrogens is 436 g/mol. The summed E-state index contributed by atoms with van der Waals surface area (Å²) in [4.78, 5) is 22.0. The van der Waals surface area contributed by atoms with Gasteiger partial charge in [0.2, 0.25) is 11.9 Å². The molecule has 2 N–H and O–H groups in total. The minimum Gasteiger partial charge on any atom is -0.354 e. The molecule has 1 saturated heterocycles. The van der Waals surface area contributed by atoms with E-state index < -0.39 is 0 Å². The van der Waals surface area contributed by atoms with E-state index in [2.05, 4.69) is 36.8 Å². The average molecular weight is 455 g/mol. The van der Waals surface area contributed by atoms with E-state index in [1.807, 2.05) is 31.4 Å². The number of rotatable bonds is 3. The molecule has 1 fully saturated rings. The van der Waals surface area contributed by atoms with Crippen molar-refractivity contribution in [3.63, 3.8) is 0 Å². The van der Waals surface area contributed by atoms with Crippen LogP contribution in [0.3, 0.4) is 0 Å². The van der Waals surface area contributed by atoms with Gasteiger partial charge in [0.1, 0.15) is 6.04 Å². The fourth-order valence-corrected chi connectivity index (χ4v) is 4.04. The number of carbonyl (C=O) groups is 1. The zero-order chi connectivity index (χ0) is 20.0. The van der Waals surface area contributed by atoms with Gasteiger partial charge in [-0.15, -0.1) is 5.10 Å². The van der Waals surface area contributed by atoms with Gasteiger partial charge in [0.15, 0.2) is 11.5 Å². The average Bonchev–Trinajstić information content (AvgIpc) is 3.29. The largest absolute Gasteiger partial charge is 0.354 e. The number of aromatic nitrogens is 6. The maximum Gasteiger partial charge on any atom is 0.242 e. The Bertz CT molecular complexity index is 1230. The van der Waals surface area contributed by atoms with E-state index in [1.165, 1.54) is 0 Å². The molecule has 29 heavy (non-hydrogen) atoms. The van der Waals surface area contributed by atoms with Crippen LogP contribution in [-0.4, -0.2) is 47.9 Å². The Labute approximate surface area is 174 Å². The third-order valence-electron chi connectivity index (χ3n) is 5.05. The number of para-hydroxylation sites is 1. The summed E-state index contributed by atoms with van der Waals surface area (Å²) < 4.78 is 4.25. The van der Waals surface area contributed by atoms with Gasteiger partial charge in [0.05, 0.1) is 17.3 Å². The van der Waals surface area contributed by atoms with Crippen molar-refractivity contribution in [2.75, 3.05) is 11.9 Å². The van der Waals surface area contributed by atoms with Crippen molar-refractivity contribution >= 4 is 44.3 Å². The monoisotopic (exact) mass is 454 g/mol. The highest BCUT2D eigenvalue weighted by Gasteiger charge is 2.24. The van der Waals surface area contributed by atoms with Crippen molar-refractivity contribution in [3.8, 4) is 11.4 Å². The first-order valence-corrected chi connectivity index (χ1v) is 10.3. The number of amides is 1. The minimum absolute atomic E-state index is 0.0164. The van der Waals surface area contributed by atoms with Crippen LogP contribution in [0.5, 0.6) is 0 Å². The van der Waals surface area contributed by atoms with Crippen LogP contribution in [0.25, 0.3) is 27.9 Å². The third-order valence-corrected chi connectivity index (χ3v) is 5.69. The number of nitrogens with one attached hydrogen (secondary N) is 2. The first kappa shape index (κ1) is 18.0. The van der Waals surface area contributed by atoms with Crippen molar-refractivity contribution in [1.82, 2.24) is 34.7 Å². The molecule has 0 bridgehead atoms. The number of hydrogen-bond acceptors (Lipinski definition) is 6. The number of aryl methyl sites for hydroxylation is 1. The summed E-state index contributed by atoms with van der Waals surface area (Å²) in [5.41, 5.74) is 2.26. The quantitative estimate of drug-likeness (QED) is 0.492. The Morgan fingerprint density at radius 2 is 2.17 bits per heavy atom. The molecule has 0 aliphatic carbocycles. The summed E-state index contributed by atoms with van der Waals surface area (Å²) in [5, 5.41) is 16.0. The molecule has 0 spiro atoms. The Kier molecular flexibility index (Phi) is 4.42. The predicted molar refractivity (Wildman–Crippen MR) is 112 cm³/mol. The third kappa shape index (κ3) is 3.23. The molecule has 1 aromatic carbocycles. The van der Waals surface area contributed by atoms with E-state index >= 15 is 0 Å². The molecule has 0 unspecified atom stereocenters. The first-order valence-electron chi connectivity index (χ1n) is 9.48. The lowest BCUT2D eigenvalue weighted by atomic mass is 10.1. The number of carbonyl (C=O) groups excluding carboxylic acids is 1. The van der Waals surface area contributed by atoms with E-state index in [1.54, 1.807) is 15.4 Å². The zero-order valence-electron chi connectivity index (χ0n) is 15.8. The minimum atomic E-state index is -0.362.